The summed E-state index contributed by atoms with van der Waals surface area (Å²) in [6, 6.07) is 24.0. The number of hydrogen-bond donors (Lipinski definition) is 1. The molecule has 1 heterocycles. The van der Waals surface area contributed by atoms with Crippen molar-refractivity contribution >= 4 is 17.6 Å². The molecule has 0 radical (unpaired) electrons. The van der Waals surface area contributed by atoms with Gasteiger partial charge in [-0.25, -0.2) is 4.39 Å². The first kappa shape index (κ1) is 21.8. The van der Waals surface area contributed by atoms with E-state index >= 15 is 0 Å². The normalized spacial score (nSPS) is 17.8. The van der Waals surface area contributed by atoms with Crippen molar-refractivity contribution < 1.29 is 19.1 Å². The molecule has 1 aliphatic rings. The van der Waals surface area contributed by atoms with E-state index in [0.717, 1.165) is 30.4 Å². The van der Waals surface area contributed by atoms with Crippen molar-refractivity contribution in [2.24, 2.45) is 5.92 Å². The summed E-state index contributed by atoms with van der Waals surface area (Å²) in [4.78, 5) is 25.7. The Morgan fingerprint density at radius 1 is 0.875 bits per heavy atom. The monoisotopic (exact) mass is 431 g/mol. The number of halogens is 1. The summed E-state index contributed by atoms with van der Waals surface area (Å²) >= 11 is 0. The molecule has 1 aliphatic heterocycles. The lowest BCUT2D eigenvalue weighted by molar-refractivity contribution is -0.137. The number of carbonyl (C=O) groups excluding carboxylic acids is 1. The van der Waals surface area contributed by atoms with Gasteiger partial charge in [-0.2, -0.15) is 0 Å². The Labute approximate surface area is 187 Å². The van der Waals surface area contributed by atoms with Gasteiger partial charge in [-0.3, -0.25) is 9.59 Å². The predicted octanol–water partition coefficient (Wildman–Crippen LogP) is 5.57. The van der Waals surface area contributed by atoms with Crippen LogP contribution in [0.4, 0.5) is 10.1 Å². The molecule has 0 unspecified atom stereocenters. The molecule has 0 saturated carbocycles. The topological polar surface area (TPSA) is 57.6 Å². The van der Waals surface area contributed by atoms with Gasteiger partial charge in [0.1, 0.15) is 5.82 Å². The number of rotatable bonds is 9. The number of aryl methyl sites for hydroxylation is 2. The zero-order chi connectivity index (χ0) is 22.5. The molecule has 1 amide bonds. The summed E-state index contributed by atoms with van der Waals surface area (Å²) in [6.45, 7) is 0. The summed E-state index contributed by atoms with van der Waals surface area (Å²) in [7, 11) is 0. The largest absolute Gasteiger partial charge is 0.481 e. The molecule has 32 heavy (non-hydrogen) atoms. The van der Waals surface area contributed by atoms with Gasteiger partial charge in [-0.15, -0.1) is 0 Å². The smallest absolute Gasteiger partial charge is 0.303 e. The molecule has 4 nitrogen and oxygen atoms in total. The van der Waals surface area contributed by atoms with Gasteiger partial charge in [0, 0.05) is 12.1 Å². The maximum Gasteiger partial charge on any atom is 0.303 e. The van der Waals surface area contributed by atoms with E-state index in [1.165, 1.54) is 17.7 Å². The molecule has 1 saturated heterocycles. The SMILES string of the molecule is O=C(O)CCc1ccc([C@@H]2[C@@H](CCCc3ccccc3)C(=O)N2c2ccc(F)cc2)cc1. The molecule has 0 aromatic heterocycles. The number of anilines is 1. The van der Waals surface area contributed by atoms with Crippen LogP contribution in [-0.2, 0) is 22.4 Å². The Hall–Kier alpha value is -3.47. The minimum Gasteiger partial charge on any atom is -0.481 e. The minimum absolute atomic E-state index is 0.0598. The molecule has 1 fully saturated rings. The Morgan fingerprint density at radius 3 is 2.19 bits per heavy atom. The van der Waals surface area contributed by atoms with Crippen LogP contribution in [0.2, 0.25) is 0 Å². The Balaban J connectivity index is 1.52. The van der Waals surface area contributed by atoms with E-state index in [1.807, 2.05) is 42.5 Å². The van der Waals surface area contributed by atoms with E-state index in [-0.39, 0.29) is 30.1 Å². The molecule has 4 rings (SSSR count). The molecule has 1 N–H and O–H groups in total. The van der Waals surface area contributed by atoms with Gasteiger partial charge in [0.05, 0.1) is 12.0 Å². The highest BCUT2D eigenvalue weighted by Gasteiger charge is 2.48. The highest BCUT2D eigenvalue weighted by Crippen LogP contribution is 2.45. The second kappa shape index (κ2) is 9.77. The summed E-state index contributed by atoms with van der Waals surface area (Å²) in [5.74, 6) is -1.22. The van der Waals surface area contributed by atoms with Crippen molar-refractivity contribution in [3.05, 3.63) is 101 Å². The van der Waals surface area contributed by atoms with E-state index in [1.54, 1.807) is 17.0 Å². The third-order valence-corrected chi connectivity index (χ3v) is 6.09. The van der Waals surface area contributed by atoms with Gasteiger partial charge in [0.15, 0.2) is 0 Å². The van der Waals surface area contributed by atoms with Gasteiger partial charge in [0.25, 0.3) is 0 Å². The van der Waals surface area contributed by atoms with Crippen LogP contribution in [0.25, 0.3) is 0 Å². The predicted molar refractivity (Wildman–Crippen MR) is 122 cm³/mol. The molecular weight excluding hydrogens is 405 g/mol. The van der Waals surface area contributed by atoms with Crippen molar-refractivity contribution in [1.29, 1.82) is 0 Å². The highest BCUT2D eigenvalue weighted by molar-refractivity contribution is 6.03. The number of nitrogens with zero attached hydrogens (tertiary/aromatic N) is 1. The van der Waals surface area contributed by atoms with Crippen LogP contribution in [0, 0.1) is 11.7 Å². The molecule has 164 valence electrons. The number of β-lactam (4-membered cyclic amide) rings is 1. The van der Waals surface area contributed by atoms with Gasteiger partial charge < -0.3 is 10.0 Å². The van der Waals surface area contributed by atoms with Gasteiger partial charge in [-0.05, 0) is 66.6 Å². The Bertz CT molecular complexity index is 1060. The van der Waals surface area contributed by atoms with Crippen molar-refractivity contribution in [2.75, 3.05) is 4.90 Å². The standard InChI is InChI=1S/C27H26FNO3/c28-22-14-16-23(17-15-22)29-26(21-12-9-20(10-13-21)11-18-25(30)31)24(27(29)32)8-4-7-19-5-2-1-3-6-19/h1-3,5-6,9-10,12-17,24,26H,4,7-8,11,18H2,(H,30,31)/t24-,26-/m1/s1. The van der Waals surface area contributed by atoms with E-state index < -0.39 is 5.97 Å². The third-order valence-electron chi connectivity index (χ3n) is 6.09. The van der Waals surface area contributed by atoms with E-state index in [2.05, 4.69) is 12.1 Å². The maximum absolute atomic E-state index is 13.4. The summed E-state index contributed by atoms with van der Waals surface area (Å²) in [5.41, 5.74) is 3.91. The minimum atomic E-state index is -0.820. The number of carboxylic acid groups (broad SMARTS) is 1. The lowest BCUT2D eigenvalue weighted by atomic mass is 9.78. The van der Waals surface area contributed by atoms with Crippen LogP contribution < -0.4 is 4.90 Å². The van der Waals surface area contributed by atoms with Crippen LogP contribution >= 0.6 is 0 Å². The summed E-state index contributed by atoms with van der Waals surface area (Å²) in [6.07, 6.45) is 3.16. The lowest BCUT2D eigenvalue weighted by Gasteiger charge is -2.47. The number of amides is 1. The van der Waals surface area contributed by atoms with Crippen molar-refractivity contribution in [3.63, 3.8) is 0 Å². The summed E-state index contributed by atoms with van der Waals surface area (Å²) < 4.78 is 13.4. The van der Waals surface area contributed by atoms with Crippen LogP contribution in [0.3, 0.4) is 0 Å². The first-order valence-electron chi connectivity index (χ1n) is 11.0. The molecule has 5 heteroatoms. The van der Waals surface area contributed by atoms with Crippen molar-refractivity contribution in [3.8, 4) is 0 Å². The Morgan fingerprint density at radius 2 is 1.53 bits per heavy atom. The first-order valence-corrected chi connectivity index (χ1v) is 11.0. The van der Waals surface area contributed by atoms with Crippen molar-refractivity contribution in [1.82, 2.24) is 0 Å². The molecule has 3 aromatic carbocycles. The van der Waals surface area contributed by atoms with Crippen molar-refractivity contribution in [2.45, 2.75) is 38.1 Å². The zero-order valence-corrected chi connectivity index (χ0v) is 17.8. The van der Waals surface area contributed by atoms with E-state index in [4.69, 9.17) is 5.11 Å². The fraction of sp³-hybridized carbons (Fsp3) is 0.259. The molecule has 3 aromatic rings. The first-order chi connectivity index (χ1) is 15.5. The lowest BCUT2D eigenvalue weighted by Crippen LogP contribution is -2.55. The molecule has 0 bridgehead atoms. The maximum atomic E-state index is 13.4. The molecule has 0 aliphatic carbocycles. The molecule has 2 atom stereocenters. The second-order valence-electron chi connectivity index (χ2n) is 8.25. The van der Waals surface area contributed by atoms with Crippen LogP contribution in [0.15, 0.2) is 78.9 Å². The fourth-order valence-electron chi connectivity index (χ4n) is 4.40. The number of hydrogen-bond acceptors (Lipinski definition) is 2. The number of aliphatic carboxylic acids is 1. The third kappa shape index (κ3) is 4.88. The Kier molecular flexibility index (Phi) is 6.64. The average Bonchev–Trinajstić information content (AvgIpc) is 2.81. The van der Waals surface area contributed by atoms with Crippen LogP contribution in [0.1, 0.15) is 42.0 Å². The molecular formula is C27H26FNO3. The van der Waals surface area contributed by atoms with Gasteiger partial charge in [0.2, 0.25) is 5.91 Å². The van der Waals surface area contributed by atoms with Crippen LogP contribution in [0.5, 0.6) is 0 Å². The van der Waals surface area contributed by atoms with Gasteiger partial charge >= 0.3 is 5.97 Å². The van der Waals surface area contributed by atoms with E-state index in [0.29, 0.717) is 12.1 Å². The zero-order valence-electron chi connectivity index (χ0n) is 17.8. The van der Waals surface area contributed by atoms with Crippen LogP contribution in [-0.4, -0.2) is 17.0 Å². The second-order valence-corrected chi connectivity index (χ2v) is 8.25. The quantitative estimate of drug-likeness (QED) is 0.451. The number of carboxylic acids is 1. The average molecular weight is 432 g/mol. The number of benzene rings is 3. The number of carbonyl (C=O) groups is 2. The van der Waals surface area contributed by atoms with E-state index in [9.17, 15) is 14.0 Å². The van der Waals surface area contributed by atoms with Gasteiger partial charge in [-0.1, -0.05) is 54.6 Å². The highest BCUT2D eigenvalue weighted by atomic mass is 19.1. The fourth-order valence-corrected chi connectivity index (χ4v) is 4.40. The molecule has 0 spiro atoms. The summed E-state index contributed by atoms with van der Waals surface area (Å²) in [5, 5.41) is 8.90.